The molecule has 0 amide bonds. The Morgan fingerprint density at radius 1 is 1.12 bits per heavy atom. The zero-order valence-corrected chi connectivity index (χ0v) is 9.26. The summed E-state index contributed by atoms with van der Waals surface area (Å²) in [4.78, 5) is 4.32. The topological polar surface area (TPSA) is 105 Å². The summed E-state index contributed by atoms with van der Waals surface area (Å²) in [5.41, 5.74) is 13.7. The fraction of sp³-hybridized carbons (Fsp3) is 0.545. The molecule has 1 rings (SSSR count). The van der Waals surface area contributed by atoms with Crippen LogP contribution in [0.3, 0.4) is 0 Å². The van der Waals surface area contributed by atoms with E-state index in [1.807, 2.05) is 12.1 Å². The molecule has 0 bridgehead atoms. The van der Waals surface area contributed by atoms with Gasteiger partial charge >= 0.3 is 0 Å². The Labute approximate surface area is 95.1 Å². The molecule has 0 atom stereocenters. The van der Waals surface area contributed by atoms with Crippen molar-refractivity contribution in [2.45, 2.75) is 19.5 Å². The van der Waals surface area contributed by atoms with Gasteiger partial charge in [-0.25, -0.2) is 0 Å². The maximum Gasteiger partial charge on any atom is 0.0575 e. The van der Waals surface area contributed by atoms with Crippen LogP contribution in [0, 0.1) is 5.92 Å². The third-order valence-electron chi connectivity index (χ3n) is 2.55. The Morgan fingerprint density at radius 2 is 1.81 bits per heavy atom. The highest BCUT2D eigenvalue weighted by Crippen LogP contribution is 2.13. The summed E-state index contributed by atoms with van der Waals surface area (Å²) < 4.78 is 0. The van der Waals surface area contributed by atoms with Crippen molar-refractivity contribution < 1.29 is 10.2 Å². The van der Waals surface area contributed by atoms with E-state index < -0.39 is 0 Å². The second-order valence-electron chi connectivity index (χ2n) is 3.75. The molecular weight excluding hydrogens is 206 g/mol. The molecule has 0 aliphatic rings. The van der Waals surface area contributed by atoms with E-state index in [2.05, 4.69) is 4.98 Å². The number of nitrogens with two attached hydrogens (primary N) is 2. The van der Waals surface area contributed by atoms with Crippen molar-refractivity contribution in [3.05, 3.63) is 29.1 Å². The zero-order valence-electron chi connectivity index (χ0n) is 9.26. The minimum atomic E-state index is -0.157. The number of rotatable bonds is 6. The number of aliphatic hydroxyl groups excluding tert-OH is 2. The monoisotopic (exact) mass is 225 g/mol. The molecule has 16 heavy (non-hydrogen) atoms. The molecule has 0 aromatic carbocycles. The van der Waals surface area contributed by atoms with E-state index in [4.69, 9.17) is 21.7 Å². The van der Waals surface area contributed by atoms with Crippen LogP contribution in [0.4, 0.5) is 0 Å². The van der Waals surface area contributed by atoms with Gasteiger partial charge in [0.1, 0.15) is 0 Å². The second-order valence-corrected chi connectivity index (χ2v) is 3.75. The van der Waals surface area contributed by atoms with Crippen molar-refractivity contribution in [3.8, 4) is 0 Å². The number of nitrogens with zero attached hydrogens (tertiary/aromatic N) is 1. The van der Waals surface area contributed by atoms with Gasteiger partial charge in [0, 0.05) is 32.2 Å². The first-order chi connectivity index (χ1) is 7.74. The normalized spacial score (nSPS) is 11.1. The zero-order chi connectivity index (χ0) is 12.0. The van der Waals surface area contributed by atoms with Crippen LogP contribution < -0.4 is 11.5 Å². The summed E-state index contributed by atoms with van der Waals surface area (Å²) in [7, 11) is 0. The molecule has 1 aromatic rings. The maximum absolute atomic E-state index is 9.02. The lowest BCUT2D eigenvalue weighted by molar-refractivity contribution is 0.150. The Balaban J connectivity index is 2.86. The molecular formula is C11H19N3O2. The number of aromatic nitrogens is 1. The van der Waals surface area contributed by atoms with Crippen LogP contribution in [-0.4, -0.2) is 28.4 Å². The van der Waals surface area contributed by atoms with Gasteiger partial charge in [-0.15, -0.1) is 0 Å². The molecule has 0 radical (unpaired) electrons. The summed E-state index contributed by atoms with van der Waals surface area (Å²) in [6.07, 6.45) is 0.581. The van der Waals surface area contributed by atoms with Gasteiger partial charge in [0.05, 0.1) is 11.4 Å². The molecule has 0 saturated carbocycles. The highest BCUT2D eigenvalue weighted by molar-refractivity contribution is 5.23. The first-order valence-electron chi connectivity index (χ1n) is 5.34. The van der Waals surface area contributed by atoms with Gasteiger partial charge in [-0.3, -0.25) is 4.98 Å². The highest BCUT2D eigenvalue weighted by Gasteiger charge is 2.11. The first-order valence-corrected chi connectivity index (χ1v) is 5.34. The van der Waals surface area contributed by atoms with Crippen molar-refractivity contribution in [2.24, 2.45) is 17.4 Å². The summed E-state index contributed by atoms with van der Waals surface area (Å²) in [5, 5.41) is 18.0. The quantitative estimate of drug-likeness (QED) is 0.504. The van der Waals surface area contributed by atoms with Crippen LogP contribution in [0.15, 0.2) is 12.1 Å². The van der Waals surface area contributed by atoms with E-state index >= 15 is 0 Å². The third-order valence-corrected chi connectivity index (χ3v) is 2.55. The number of hydrogen-bond donors (Lipinski definition) is 4. The smallest absolute Gasteiger partial charge is 0.0575 e. The van der Waals surface area contributed by atoms with Gasteiger partial charge in [-0.05, 0) is 18.1 Å². The van der Waals surface area contributed by atoms with Crippen molar-refractivity contribution in [2.75, 3.05) is 13.2 Å². The van der Waals surface area contributed by atoms with Crippen molar-refractivity contribution in [3.63, 3.8) is 0 Å². The van der Waals surface area contributed by atoms with Crippen LogP contribution in [0.25, 0.3) is 0 Å². The summed E-state index contributed by atoms with van der Waals surface area (Å²) in [6, 6.07) is 3.76. The Hall–Kier alpha value is -1.01. The molecule has 1 heterocycles. The molecule has 5 heteroatoms. The van der Waals surface area contributed by atoms with Gasteiger partial charge in [-0.2, -0.15) is 0 Å². The molecule has 0 saturated heterocycles. The first kappa shape index (κ1) is 13.1. The predicted octanol–water partition coefficient (Wildman–Crippen LogP) is -0.858. The lowest BCUT2D eigenvalue weighted by atomic mass is 9.99. The van der Waals surface area contributed by atoms with E-state index in [0.29, 0.717) is 19.5 Å². The lowest BCUT2D eigenvalue weighted by Crippen LogP contribution is -2.17. The summed E-state index contributed by atoms with van der Waals surface area (Å²) in [5.74, 6) is -0.157. The average molecular weight is 225 g/mol. The van der Waals surface area contributed by atoms with Crippen LogP contribution in [-0.2, 0) is 19.5 Å². The van der Waals surface area contributed by atoms with Gasteiger partial charge in [0.15, 0.2) is 0 Å². The third kappa shape index (κ3) is 3.24. The Kier molecular flexibility index (Phi) is 5.34. The maximum atomic E-state index is 9.02. The van der Waals surface area contributed by atoms with E-state index in [1.54, 1.807) is 0 Å². The largest absolute Gasteiger partial charge is 0.396 e. The minimum absolute atomic E-state index is 0.0425. The van der Waals surface area contributed by atoms with Gasteiger partial charge < -0.3 is 21.7 Å². The lowest BCUT2D eigenvalue weighted by Gasteiger charge is -2.14. The van der Waals surface area contributed by atoms with Gasteiger partial charge in [0.2, 0.25) is 0 Å². The fourth-order valence-electron chi connectivity index (χ4n) is 1.55. The average Bonchev–Trinajstić information content (AvgIpc) is 2.35. The van der Waals surface area contributed by atoms with E-state index in [9.17, 15) is 0 Å². The molecule has 5 nitrogen and oxygen atoms in total. The molecule has 0 aliphatic carbocycles. The molecule has 0 unspecified atom stereocenters. The van der Waals surface area contributed by atoms with Gasteiger partial charge in [0.25, 0.3) is 0 Å². The number of aliphatic hydroxyl groups is 2. The van der Waals surface area contributed by atoms with Crippen molar-refractivity contribution >= 4 is 0 Å². The molecule has 1 aromatic heterocycles. The van der Waals surface area contributed by atoms with E-state index in [0.717, 1.165) is 17.0 Å². The molecule has 6 N–H and O–H groups in total. The molecule has 0 aliphatic heterocycles. The summed E-state index contributed by atoms with van der Waals surface area (Å²) >= 11 is 0. The summed E-state index contributed by atoms with van der Waals surface area (Å²) in [6.45, 7) is 0.641. The van der Waals surface area contributed by atoms with Crippen molar-refractivity contribution in [1.29, 1.82) is 0 Å². The van der Waals surface area contributed by atoms with Crippen LogP contribution >= 0.6 is 0 Å². The number of pyridine rings is 1. The standard InChI is InChI=1S/C11H19N3O2/c12-4-10-2-1-9(11(5-13)14-10)3-8(6-15)7-16/h1-2,8,15-16H,3-7,12-13H2. The van der Waals surface area contributed by atoms with Crippen LogP contribution in [0.5, 0.6) is 0 Å². The highest BCUT2D eigenvalue weighted by atomic mass is 16.3. The molecule has 0 spiro atoms. The van der Waals surface area contributed by atoms with Crippen LogP contribution in [0.2, 0.25) is 0 Å². The van der Waals surface area contributed by atoms with E-state index in [-0.39, 0.29) is 19.1 Å². The number of hydrogen-bond acceptors (Lipinski definition) is 5. The SMILES string of the molecule is NCc1ccc(CC(CO)CO)c(CN)n1. The van der Waals surface area contributed by atoms with Gasteiger partial charge in [-0.1, -0.05) is 6.07 Å². The molecule has 90 valence electrons. The Bertz CT molecular complexity index is 327. The molecule has 0 fully saturated rings. The van der Waals surface area contributed by atoms with E-state index in [1.165, 1.54) is 0 Å². The van der Waals surface area contributed by atoms with Crippen LogP contribution in [0.1, 0.15) is 17.0 Å². The Morgan fingerprint density at radius 3 is 2.31 bits per heavy atom. The van der Waals surface area contributed by atoms with Crippen molar-refractivity contribution in [1.82, 2.24) is 4.98 Å². The fourth-order valence-corrected chi connectivity index (χ4v) is 1.55. The second kappa shape index (κ2) is 6.55. The minimum Gasteiger partial charge on any atom is -0.396 e. The predicted molar refractivity (Wildman–Crippen MR) is 61.4 cm³/mol.